The Labute approximate surface area is 82.2 Å². The number of rotatable bonds is 1. The highest BCUT2D eigenvalue weighted by Gasteiger charge is 2.23. The number of nitrogens with zero attached hydrogens (tertiary/aromatic N) is 2. The van der Waals surface area contributed by atoms with Gasteiger partial charge in [0, 0.05) is 0 Å². The van der Waals surface area contributed by atoms with Crippen molar-refractivity contribution in [3.63, 3.8) is 0 Å². The molecular weight excluding hydrogens is 178 g/mol. The van der Waals surface area contributed by atoms with Crippen molar-refractivity contribution in [2.24, 2.45) is 4.99 Å². The van der Waals surface area contributed by atoms with Gasteiger partial charge >= 0.3 is 0 Å². The van der Waals surface area contributed by atoms with E-state index in [-0.39, 0.29) is 11.9 Å². The van der Waals surface area contributed by atoms with Gasteiger partial charge in [0.1, 0.15) is 12.4 Å². The molecule has 72 valence electrons. The Morgan fingerprint density at radius 2 is 2.07 bits per heavy atom. The number of hydrazine groups is 1. The first-order chi connectivity index (χ1) is 6.79. The average molecular weight is 189 g/mol. The largest absolute Gasteiger partial charge is 0.281 e. The predicted molar refractivity (Wildman–Crippen MR) is 55.0 cm³/mol. The smallest absolute Gasteiger partial charge is 0.270 e. The minimum Gasteiger partial charge on any atom is -0.281 e. The van der Waals surface area contributed by atoms with E-state index >= 15 is 0 Å². The lowest BCUT2D eigenvalue weighted by atomic mass is 10.2. The molecule has 1 amide bonds. The molecule has 2 rings (SSSR count). The molecule has 0 spiro atoms. The number of carbonyl (C=O) groups excluding carboxylic acids is 1. The third-order valence-electron chi connectivity index (χ3n) is 2.08. The number of hydrogen-bond donors (Lipinski definition) is 1. The van der Waals surface area contributed by atoms with Crippen LogP contribution < -0.4 is 10.4 Å². The number of para-hydroxylation sites is 1. The molecule has 1 aliphatic heterocycles. The summed E-state index contributed by atoms with van der Waals surface area (Å²) in [6, 6.07) is 9.13. The summed E-state index contributed by atoms with van der Waals surface area (Å²) in [5.41, 5.74) is 3.64. The molecule has 1 aromatic rings. The Morgan fingerprint density at radius 1 is 1.36 bits per heavy atom. The Balaban J connectivity index is 2.28. The molecule has 14 heavy (non-hydrogen) atoms. The van der Waals surface area contributed by atoms with Gasteiger partial charge in [0.25, 0.3) is 5.91 Å². The maximum atomic E-state index is 11.7. The number of hydrogen-bond acceptors (Lipinski definition) is 3. The Morgan fingerprint density at radius 3 is 2.79 bits per heavy atom. The van der Waals surface area contributed by atoms with Crippen LogP contribution in [0.15, 0.2) is 35.3 Å². The predicted octanol–water partition coefficient (Wildman–Crippen LogP) is 0.955. The first-order valence-electron chi connectivity index (χ1n) is 4.46. The summed E-state index contributed by atoms with van der Waals surface area (Å²) in [7, 11) is 0. The Bertz CT molecular complexity index is 361. The van der Waals surface area contributed by atoms with Gasteiger partial charge in [-0.2, -0.15) is 0 Å². The summed E-state index contributed by atoms with van der Waals surface area (Å²) < 4.78 is 0. The summed E-state index contributed by atoms with van der Waals surface area (Å²) in [6.07, 6.45) is 1.54. The standard InChI is InChI=1S/C10H11N3O/c1-8-10(14)13(12-7-11-8)9-5-3-2-4-6-9/h2-8H,1H3,(H,11,12). The van der Waals surface area contributed by atoms with E-state index in [0.717, 1.165) is 5.69 Å². The SMILES string of the molecule is CC1N=CNN(c2ccccc2)C1=O. The van der Waals surface area contributed by atoms with Crippen molar-refractivity contribution >= 4 is 17.9 Å². The fraction of sp³-hybridized carbons (Fsp3) is 0.200. The van der Waals surface area contributed by atoms with Crippen LogP contribution in [0.2, 0.25) is 0 Å². The zero-order chi connectivity index (χ0) is 9.97. The van der Waals surface area contributed by atoms with E-state index < -0.39 is 0 Å². The van der Waals surface area contributed by atoms with E-state index in [1.54, 1.807) is 13.3 Å². The minimum atomic E-state index is -0.309. The van der Waals surface area contributed by atoms with Crippen LogP contribution in [0, 0.1) is 0 Å². The van der Waals surface area contributed by atoms with Crippen molar-refractivity contribution in [1.29, 1.82) is 0 Å². The molecule has 1 atom stereocenters. The molecule has 0 aromatic heterocycles. The number of carbonyl (C=O) groups is 1. The topological polar surface area (TPSA) is 44.7 Å². The molecule has 1 aliphatic rings. The molecular formula is C10H11N3O. The molecule has 4 heteroatoms. The summed E-state index contributed by atoms with van der Waals surface area (Å²) in [6.45, 7) is 1.77. The van der Waals surface area contributed by atoms with Gasteiger partial charge in [0.2, 0.25) is 0 Å². The lowest BCUT2D eigenvalue weighted by molar-refractivity contribution is -0.120. The first kappa shape index (κ1) is 8.74. The van der Waals surface area contributed by atoms with E-state index in [0.29, 0.717) is 0 Å². The normalized spacial score (nSPS) is 20.8. The highest BCUT2D eigenvalue weighted by molar-refractivity contribution is 6.00. The monoisotopic (exact) mass is 189 g/mol. The quantitative estimate of drug-likeness (QED) is 0.715. The van der Waals surface area contributed by atoms with Crippen molar-refractivity contribution in [2.45, 2.75) is 13.0 Å². The number of nitrogens with one attached hydrogen (secondary N) is 1. The van der Waals surface area contributed by atoms with Crippen LogP contribution in [0.4, 0.5) is 5.69 Å². The molecule has 1 N–H and O–H groups in total. The van der Waals surface area contributed by atoms with Crippen LogP contribution in [0.3, 0.4) is 0 Å². The lowest BCUT2D eigenvalue weighted by Crippen LogP contribution is -2.50. The Hall–Kier alpha value is -1.84. The van der Waals surface area contributed by atoms with Crippen molar-refractivity contribution in [1.82, 2.24) is 5.43 Å². The van der Waals surface area contributed by atoms with Gasteiger partial charge in [-0.15, -0.1) is 0 Å². The first-order valence-corrected chi connectivity index (χ1v) is 4.46. The summed E-state index contributed by atoms with van der Waals surface area (Å²) in [5, 5.41) is 1.50. The van der Waals surface area contributed by atoms with Gasteiger partial charge in [-0.05, 0) is 19.1 Å². The third-order valence-corrected chi connectivity index (χ3v) is 2.08. The second-order valence-electron chi connectivity index (χ2n) is 3.09. The molecule has 1 aromatic carbocycles. The van der Waals surface area contributed by atoms with Crippen molar-refractivity contribution in [3.05, 3.63) is 30.3 Å². The second-order valence-corrected chi connectivity index (χ2v) is 3.09. The molecule has 0 fully saturated rings. The van der Waals surface area contributed by atoms with Crippen LogP contribution in [-0.2, 0) is 4.79 Å². The third kappa shape index (κ3) is 1.46. The van der Waals surface area contributed by atoms with Crippen LogP contribution in [0.5, 0.6) is 0 Å². The highest BCUT2D eigenvalue weighted by atomic mass is 16.2. The summed E-state index contributed by atoms with van der Waals surface area (Å²) in [5.74, 6) is -0.0429. The molecule has 0 bridgehead atoms. The van der Waals surface area contributed by atoms with Gasteiger partial charge in [-0.3, -0.25) is 15.2 Å². The molecule has 1 heterocycles. The van der Waals surface area contributed by atoms with Gasteiger partial charge in [0.15, 0.2) is 0 Å². The fourth-order valence-electron chi connectivity index (χ4n) is 1.30. The molecule has 0 saturated carbocycles. The van der Waals surface area contributed by atoms with E-state index in [1.807, 2.05) is 30.3 Å². The van der Waals surface area contributed by atoms with Crippen molar-refractivity contribution in [3.8, 4) is 0 Å². The molecule has 1 unspecified atom stereocenters. The van der Waals surface area contributed by atoms with Gasteiger partial charge in [0.05, 0.1) is 5.69 Å². The second kappa shape index (κ2) is 3.49. The number of amides is 1. The van der Waals surface area contributed by atoms with Gasteiger partial charge in [-0.25, -0.2) is 5.01 Å². The van der Waals surface area contributed by atoms with Crippen LogP contribution in [-0.4, -0.2) is 18.3 Å². The zero-order valence-corrected chi connectivity index (χ0v) is 7.84. The number of aliphatic imine (C=N–C) groups is 1. The molecule has 0 radical (unpaired) electrons. The van der Waals surface area contributed by atoms with E-state index in [1.165, 1.54) is 5.01 Å². The van der Waals surface area contributed by atoms with Crippen molar-refractivity contribution in [2.75, 3.05) is 5.01 Å². The number of anilines is 1. The average Bonchev–Trinajstić information content (AvgIpc) is 2.23. The molecule has 0 aliphatic carbocycles. The van der Waals surface area contributed by atoms with Crippen molar-refractivity contribution < 1.29 is 4.79 Å². The van der Waals surface area contributed by atoms with Crippen LogP contribution >= 0.6 is 0 Å². The van der Waals surface area contributed by atoms with E-state index in [4.69, 9.17) is 0 Å². The highest BCUT2D eigenvalue weighted by Crippen LogP contribution is 2.14. The Kier molecular flexibility index (Phi) is 2.18. The zero-order valence-electron chi connectivity index (χ0n) is 7.84. The molecule has 0 saturated heterocycles. The molecule has 4 nitrogen and oxygen atoms in total. The fourth-order valence-corrected chi connectivity index (χ4v) is 1.30. The van der Waals surface area contributed by atoms with E-state index in [9.17, 15) is 4.79 Å². The van der Waals surface area contributed by atoms with Gasteiger partial charge in [-0.1, -0.05) is 18.2 Å². The number of benzene rings is 1. The van der Waals surface area contributed by atoms with Gasteiger partial charge < -0.3 is 0 Å². The maximum absolute atomic E-state index is 11.7. The van der Waals surface area contributed by atoms with Crippen LogP contribution in [0.1, 0.15) is 6.92 Å². The van der Waals surface area contributed by atoms with E-state index in [2.05, 4.69) is 10.4 Å². The summed E-state index contributed by atoms with van der Waals surface area (Å²) in [4.78, 5) is 15.6. The maximum Gasteiger partial charge on any atom is 0.270 e. The summed E-state index contributed by atoms with van der Waals surface area (Å²) >= 11 is 0. The lowest BCUT2D eigenvalue weighted by Gasteiger charge is -2.26. The van der Waals surface area contributed by atoms with Crippen LogP contribution in [0.25, 0.3) is 0 Å². The minimum absolute atomic E-state index is 0.0429.